The van der Waals surface area contributed by atoms with Crippen LogP contribution in [0.25, 0.3) is 0 Å². The van der Waals surface area contributed by atoms with Crippen molar-refractivity contribution in [3.8, 4) is 0 Å². The van der Waals surface area contributed by atoms with Crippen molar-refractivity contribution in [3.63, 3.8) is 0 Å². The summed E-state index contributed by atoms with van der Waals surface area (Å²) in [7, 11) is 0. The molecule has 0 amide bonds. The van der Waals surface area contributed by atoms with E-state index in [2.05, 4.69) is 0 Å². The van der Waals surface area contributed by atoms with Gasteiger partial charge in [0.25, 0.3) is 0 Å². The van der Waals surface area contributed by atoms with Crippen LogP contribution in [-0.2, 0) is 0 Å². The molecule has 0 saturated carbocycles. The Bertz CT molecular complexity index is 245. The summed E-state index contributed by atoms with van der Waals surface area (Å²) >= 11 is 5.70. The molecule has 0 spiro atoms. The number of hydrogen-bond donors (Lipinski definition) is 0. The van der Waals surface area contributed by atoms with Crippen molar-refractivity contribution in [3.05, 3.63) is 23.0 Å². The molecule has 1 aromatic rings. The van der Waals surface area contributed by atoms with E-state index in [1.165, 1.54) is 11.5 Å². The largest absolute Gasteiger partial charge is 0.293 e. The molecule has 10 heavy (non-hydrogen) atoms. The second-order valence-electron chi connectivity index (χ2n) is 2.22. The lowest BCUT2D eigenvalue weighted by molar-refractivity contribution is 0.0937. The minimum absolute atomic E-state index is 0.0185. The van der Waals surface area contributed by atoms with Crippen LogP contribution in [-0.4, -0.2) is 10.5 Å². The highest BCUT2D eigenvalue weighted by molar-refractivity contribution is 6.31. The summed E-state index contributed by atoms with van der Waals surface area (Å²) in [5, 5.41) is 0.634. The van der Waals surface area contributed by atoms with Gasteiger partial charge in [-0.15, -0.1) is 0 Å². The Morgan fingerprint density at radius 2 is 2.20 bits per heavy atom. The Hall–Kier alpha value is -0.760. The van der Waals surface area contributed by atoms with E-state index in [1.54, 1.807) is 12.4 Å². The van der Waals surface area contributed by atoms with Gasteiger partial charge in [0.05, 0.1) is 5.02 Å². The lowest BCUT2D eigenvalue weighted by atomic mass is 10.4. The van der Waals surface area contributed by atoms with E-state index in [0.717, 1.165) is 5.56 Å². The number of hydrogen-bond acceptors (Lipinski definition) is 1. The van der Waals surface area contributed by atoms with E-state index < -0.39 is 0 Å². The Morgan fingerprint density at radius 3 is 2.40 bits per heavy atom. The zero-order chi connectivity index (χ0) is 7.72. The fourth-order valence-corrected chi connectivity index (χ4v) is 0.867. The van der Waals surface area contributed by atoms with Crippen molar-refractivity contribution in [2.75, 3.05) is 0 Å². The van der Waals surface area contributed by atoms with Gasteiger partial charge in [-0.2, -0.15) is 0 Å². The highest BCUT2D eigenvalue weighted by atomic mass is 35.5. The number of aromatic nitrogens is 1. The topological polar surface area (TPSA) is 22.0 Å². The van der Waals surface area contributed by atoms with E-state index in [4.69, 9.17) is 11.6 Å². The van der Waals surface area contributed by atoms with Gasteiger partial charge in [-0.05, 0) is 12.5 Å². The third-order valence-corrected chi connectivity index (χ3v) is 1.72. The molecule has 0 saturated heterocycles. The third kappa shape index (κ3) is 1.21. The maximum Gasteiger partial charge on any atom is 0.227 e. The molecule has 0 aromatic carbocycles. The quantitative estimate of drug-likeness (QED) is 0.566. The SMILES string of the molecule is CC(=O)n1cc(C)c(Cl)c1. The molecule has 0 radical (unpaired) electrons. The molecule has 0 fully saturated rings. The van der Waals surface area contributed by atoms with Crippen molar-refractivity contribution in [1.29, 1.82) is 0 Å². The van der Waals surface area contributed by atoms with Gasteiger partial charge in [0.15, 0.2) is 0 Å². The van der Waals surface area contributed by atoms with Gasteiger partial charge in [-0.1, -0.05) is 11.6 Å². The molecule has 1 heterocycles. The van der Waals surface area contributed by atoms with Gasteiger partial charge in [0.2, 0.25) is 5.91 Å². The normalized spacial score (nSPS) is 9.90. The van der Waals surface area contributed by atoms with Gasteiger partial charge in [0.1, 0.15) is 0 Å². The first-order chi connectivity index (χ1) is 4.61. The summed E-state index contributed by atoms with van der Waals surface area (Å²) in [6.45, 7) is 3.36. The van der Waals surface area contributed by atoms with Crippen molar-refractivity contribution in [1.82, 2.24) is 4.57 Å². The molecular weight excluding hydrogens is 150 g/mol. The van der Waals surface area contributed by atoms with Crippen molar-refractivity contribution in [2.24, 2.45) is 0 Å². The molecule has 0 aliphatic heterocycles. The summed E-state index contributed by atoms with van der Waals surface area (Å²) in [6, 6.07) is 0. The van der Waals surface area contributed by atoms with Crippen molar-refractivity contribution in [2.45, 2.75) is 13.8 Å². The number of aryl methyl sites for hydroxylation is 1. The van der Waals surface area contributed by atoms with Crippen LogP contribution in [0.15, 0.2) is 12.4 Å². The van der Waals surface area contributed by atoms with E-state index in [-0.39, 0.29) is 5.91 Å². The Labute approximate surface area is 64.4 Å². The molecule has 0 atom stereocenters. The Balaban J connectivity index is 3.10. The standard InChI is InChI=1S/C7H8ClNO/c1-5-3-9(6(2)10)4-7(5)8/h3-4H,1-2H3. The van der Waals surface area contributed by atoms with Crippen LogP contribution in [0.4, 0.5) is 0 Å². The zero-order valence-electron chi connectivity index (χ0n) is 5.89. The van der Waals surface area contributed by atoms with E-state index in [9.17, 15) is 4.79 Å². The lowest BCUT2D eigenvalue weighted by Crippen LogP contribution is -2.00. The van der Waals surface area contributed by atoms with Crippen LogP contribution < -0.4 is 0 Å². The smallest absolute Gasteiger partial charge is 0.227 e. The average molecular weight is 158 g/mol. The van der Waals surface area contributed by atoms with E-state index in [1.807, 2.05) is 6.92 Å². The molecule has 1 rings (SSSR count). The number of halogens is 1. The molecule has 1 aromatic heterocycles. The maximum absolute atomic E-state index is 10.7. The molecule has 0 aliphatic rings. The van der Waals surface area contributed by atoms with Crippen LogP contribution in [0, 0.1) is 6.92 Å². The van der Waals surface area contributed by atoms with Gasteiger partial charge in [0, 0.05) is 19.3 Å². The summed E-state index contributed by atoms with van der Waals surface area (Å²) in [5.74, 6) is -0.0185. The summed E-state index contributed by atoms with van der Waals surface area (Å²) in [4.78, 5) is 10.7. The van der Waals surface area contributed by atoms with Crippen molar-refractivity contribution < 1.29 is 4.79 Å². The van der Waals surface area contributed by atoms with Gasteiger partial charge in [-0.3, -0.25) is 9.36 Å². The van der Waals surface area contributed by atoms with Crippen LogP contribution in [0.5, 0.6) is 0 Å². The molecular formula is C7H8ClNO. The fraction of sp³-hybridized carbons (Fsp3) is 0.286. The molecule has 0 bridgehead atoms. The minimum Gasteiger partial charge on any atom is -0.293 e. The van der Waals surface area contributed by atoms with Crippen LogP contribution in [0.3, 0.4) is 0 Å². The predicted molar refractivity (Wildman–Crippen MR) is 40.5 cm³/mol. The van der Waals surface area contributed by atoms with Crippen molar-refractivity contribution >= 4 is 17.5 Å². The third-order valence-electron chi connectivity index (χ3n) is 1.33. The average Bonchev–Trinajstić information content (AvgIpc) is 2.13. The Morgan fingerprint density at radius 1 is 1.60 bits per heavy atom. The van der Waals surface area contributed by atoms with E-state index in [0.29, 0.717) is 5.02 Å². The second kappa shape index (κ2) is 2.46. The molecule has 2 nitrogen and oxygen atoms in total. The van der Waals surface area contributed by atoms with Gasteiger partial charge >= 0.3 is 0 Å². The predicted octanol–water partition coefficient (Wildman–Crippen LogP) is 2.11. The lowest BCUT2D eigenvalue weighted by Gasteiger charge is -1.89. The van der Waals surface area contributed by atoms with Crippen LogP contribution in [0.2, 0.25) is 5.02 Å². The molecule has 54 valence electrons. The minimum atomic E-state index is -0.0185. The van der Waals surface area contributed by atoms with Gasteiger partial charge < -0.3 is 0 Å². The molecule has 0 N–H and O–H groups in total. The number of carbonyl (C=O) groups excluding carboxylic acids is 1. The van der Waals surface area contributed by atoms with Crippen LogP contribution in [0.1, 0.15) is 17.3 Å². The van der Waals surface area contributed by atoms with Crippen LogP contribution >= 0.6 is 11.6 Å². The number of carbonyl (C=O) groups is 1. The highest BCUT2D eigenvalue weighted by Crippen LogP contribution is 2.14. The second-order valence-corrected chi connectivity index (χ2v) is 2.62. The van der Waals surface area contributed by atoms with Gasteiger partial charge in [-0.25, -0.2) is 0 Å². The Kier molecular flexibility index (Phi) is 1.81. The van der Waals surface area contributed by atoms with E-state index >= 15 is 0 Å². The zero-order valence-corrected chi connectivity index (χ0v) is 6.64. The summed E-state index contributed by atoms with van der Waals surface area (Å²) < 4.78 is 1.47. The number of rotatable bonds is 0. The first-order valence-corrected chi connectivity index (χ1v) is 3.34. The summed E-state index contributed by atoms with van der Waals surface area (Å²) in [6.07, 6.45) is 3.32. The molecule has 0 unspecified atom stereocenters. The monoisotopic (exact) mass is 157 g/mol. The first-order valence-electron chi connectivity index (χ1n) is 2.96. The molecule has 0 aliphatic carbocycles. The first kappa shape index (κ1) is 7.35. The maximum atomic E-state index is 10.7. The fourth-order valence-electron chi connectivity index (χ4n) is 0.713. The summed E-state index contributed by atoms with van der Waals surface area (Å²) in [5.41, 5.74) is 0.928. The number of nitrogens with zero attached hydrogens (tertiary/aromatic N) is 1. The highest BCUT2D eigenvalue weighted by Gasteiger charge is 2.01. The molecule has 3 heteroatoms.